The molecule has 1 saturated carbocycles. The zero-order valence-electron chi connectivity index (χ0n) is 12.2. The van der Waals surface area contributed by atoms with E-state index in [4.69, 9.17) is 0 Å². The number of rotatable bonds is 3. The molecule has 114 valence electrons. The maximum absolute atomic E-state index is 12.2. The average molecular weight is 282 g/mol. The first-order chi connectivity index (χ1) is 9.64. The van der Waals surface area contributed by atoms with E-state index in [-0.39, 0.29) is 12.6 Å². The molecule has 0 radical (unpaired) electrons. The topological polar surface area (TPSA) is 69.6 Å². The van der Waals surface area contributed by atoms with Gasteiger partial charge in [0.2, 0.25) is 0 Å². The standard InChI is InChI=1S/C15H26N2O3/c18-13(19)15(8-4-5-9-15)12-16-14(20)17-10-6-2-1-3-7-11-17/h1-12H2,(H,16,20)(H,18,19). The van der Waals surface area contributed by atoms with Crippen molar-refractivity contribution in [2.75, 3.05) is 19.6 Å². The summed E-state index contributed by atoms with van der Waals surface area (Å²) in [5, 5.41) is 12.3. The molecule has 0 unspecified atom stereocenters. The van der Waals surface area contributed by atoms with E-state index in [1.165, 1.54) is 19.3 Å². The zero-order valence-corrected chi connectivity index (χ0v) is 12.2. The van der Waals surface area contributed by atoms with Crippen LogP contribution < -0.4 is 5.32 Å². The second-order valence-electron chi connectivity index (χ2n) is 6.21. The molecular weight excluding hydrogens is 256 g/mol. The monoisotopic (exact) mass is 282 g/mol. The summed E-state index contributed by atoms with van der Waals surface area (Å²) in [6.07, 6.45) is 9.00. The summed E-state index contributed by atoms with van der Waals surface area (Å²) in [6, 6.07) is -0.0839. The van der Waals surface area contributed by atoms with Crippen LogP contribution in [0, 0.1) is 5.41 Å². The van der Waals surface area contributed by atoms with Crippen LogP contribution in [0.5, 0.6) is 0 Å². The van der Waals surface area contributed by atoms with Crippen molar-refractivity contribution in [2.24, 2.45) is 5.41 Å². The Morgan fingerprint density at radius 2 is 1.50 bits per heavy atom. The Morgan fingerprint density at radius 3 is 2.05 bits per heavy atom. The molecule has 2 rings (SSSR count). The second-order valence-corrected chi connectivity index (χ2v) is 6.21. The summed E-state index contributed by atoms with van der Waals surface area (Å²) >= 11 is 0. The molecule has 2 N–H and O–H groups in total. The molecule has 2 amide bonds. The van der Waals surface area contributed by atoms with E-state index in [0.29, 0.717) is 12.8 Å². The van der Waals surface area contributed by atoms with Crippen molar-refractivity contribution in [1.29, 1.82) is 0 Å². The van der Waals surface area contributed by atoms with Gasteiger partial charge in [-0.3, -0.25) is 4.79 Å². The minimum absolute atomic E-state index is 0.0839. The number of carbonyl (C=O) groups excluding carboxylic acids is 1. The Bertz CT molecular complexity index is 343. The minimum atomic E-state index is -0.761. The number of likely N-dealkylation sites (tertiary alicyclic amines) is 1. The molecule has 1 aliphatic carbocycles. The minimum Gasteiger partial charge on any atom is -0.481 e. The molecule has 1 aliphatic heterocycles. The Hall–Kier alpha value is -1.26. The van der Waals surface area contributed by atoms with Gasteiger partial charge in [0.05, 0.1) is 5.41 Å². The summed E-state index contributed by atoms with van der Waals surface area (Å²) < 4.78 is 0. The normalized spacial score (nSPS) is 22.9. The van der Waals surface area contributed by atoms with Crippen LogP contribution in [0.2, 0.25) is 0 Å². The summed E-state index contributed by atoms with van der Waals surface area (Å²) in [5.74, 6) is -0.761. The Labute approximate surface area is 120 Å². The fourth-order valence-electron chi connectivity index (χ4n) is 3.33. The van der Waals surface area contributed by atoms with E-state index in [1.54, 1.807) is 0 Å². The lowest BCUT2D eigenvalue weighted by Crippen LogP contribution is -2.47. The molecule has 0 spiro atoms. The zero-order chi connectivity index (χ0) is 14.4. The summed E-state index contributed by atoms with van der Waals surface area (Å²) in [7, 11) is 0. The summed E-state index contributed by atoms with van der Waals surface area (Å²) in [5.41, 5.74) is -0.724. The van der Waals surface area contributed by atoms with Crippen molar-refractivity contribution in [2.45, 2.75) is 57.8 Å². The highest BCUT2D eigenvalue weighted by Gasteiger charge is 2.41. The third-order valence-corrected chi connectivity index (χ3v) is 4.74. The molecule has 0 aromatic heterocycles. The predicted molar refractivity (Wildman–Crippen MR) is 76.6 cm³/mol. The number of urea groups is 1. The van der Waals surface area contributed by atoms with Crippen molar-refractivity contribution in [3.8, 4) is 0 Å². The van der Waals surface area contributed by atoms with Crippen LogP contribution in [-0.2, 0) is 4.79 Å². The molecule has 5 heteroatoms. The fraction of sp³-hybridized carbons (Fsp3) is 0.867. The van der Waals surface area contributed by atoms with Crippen molar-refractivity contribution in [1.82, 2.24) is 10.2 Å². The molecule has 0 aromatic carbocycles. The van der Waals surface area contributed by atoms with Crippen LogP contribution in [0.15, 0.2) is 0 Å². The smallest absolute Gasteiger partial charge is 0.317 e. The van der Waals surface area contributed by atoms with E-state index < -0.39 is 11.4 Å². The fourth-order valence-corrected chi connectivity index (χ4v) is 3.33. The molecule has 2 aliphatic rings. The Balaban J connectivity index is 1.85. The molecule has 1 saturated heterocycles. The largest absolute Gasteiger partial charge is 0.481 e. The number of aliphatic carboxylic acids is 1. The highest BCUT2D eigenvalue weighted by atomic mass is 16.4. The first-order valence-corrected chi connectivity index (χ1v) is 7.90. The molecule has 0 atom stereocenters. The number of hydrogen-bond acceptors (Lipinski definition) is 2. The highest BCUT2D eigenvalue weighted by molar-refractivity contribution is 5.78. The molecule has 20 heavy (non-hydrogen) atoms. The van der Waals surface area contributed by atoms with E-state index >= 15 is 0 Å². The van der Waals surface area contributed by atoms with Gasteiger partial charge < -0.3 is 15.3 Å². The van der Waals surface area contributed by atoms with Crippen molar-refractivity contribution >= 4 is 12.0 Å². The number of amides is 2. The summed E-state index contributed by atoms with van der Waals surface area (Å²) in [4.78, 5) is 25.5. The van der Waals surface area contributed by atoms with Crippen molar-refractivity contribution < 1.29 is 14.7 Å². The number of hydrogen-bond donors (Lipinski definition) is 2. The lowest BCUT2D eigenvalue weighted by atomic mass is 9.86. The van der Waals surface area contributed by atoms with Crippen molar-refractivity contribution in [3.63, 3.8) is 0 Å². The molecule has 0 aromatic rings. The third-order valence-electron chi connectivity index (χ3n) is 4.74. The summed E-state index contributed by atoms with van der Waals surface area (Å²) in [6.45, 7) is 1.87. The lowest BCUT2D eigenvalue weighted by Gasteiger charge is -2.28. The molecule has 0 bridgehead atoms. The Morgan fingerprint density at radius 1 is 0.950 bits per heavy atom. The maximum Gasteiger partial charge on any atom is 0.317 e. The SMILES string of the molecule is O=C(NCC1(C(=O)O)CCCC1)N1CCCCCCC1. The number of nitrogens with one attached hydrogen (secondary N) is 1. The van der Waals surface area contributed by atoms with Gasteiger partial charge in [-0.15, -0.1) is 0 Å². The molecule has 5 nitrogen and oxygen atoms in total. The van der Waals surface area contributed by atoms with Gasteiger partial charge in [0, 0.05) is 19.6 Å². The van der Waals surface area contributed by atoms with E-state index in [9.17, 15) is 14.7 Å². The van der Waals surface area contributed by atoms with Crippen LogP contribution in [0.25, 0.3) is 0 Å². The third kappa shape index (κ3) is 3.64. The molecule has 2 fully saturated rings. The average Bonchev–Trinajstić information content (AvgIpc) is 2.85. The van der Waals surface area contributed by atoms with Gasteiger partial charge in [0.1, 0.15) is 0 Å². The van der Waals surface area contributed by atoms with Crippen LogP contribution >= 0.6 is 0 Å². The quantitative estimate of drug-likeness (QED) is 0.836. The number of nitrogens with zero attached hydrogens (tertiary/aromatic N) is 1. The van der Waals surface area contributed by atoms with E-state index in [1.807, 2.05) is 4.90 Å². The number of carbonyl (C=O) groups is 2. The first-order valence-electron chi connectivity index (χ1n) is 7.90. The predicted octanol–water partition coefficient (Wildman–Crippen LogP) is 2.61. The van der Waals surface area contributed by atoms with Crippen LogP contribution in [0.1, 0.15) is 57.8 Å². The van der Waals surface area contributed by atoms with Gasteiger partial charge >= 0.3 is 12.0 Å². The van der Waals surface area contributed by atoms with Crippen LogP contribution in [0.4, 0.5) is 4.79 Å². The first kappa shape index (κ1) is 15.1. The van der Waals surface area contributed by atoms with Crippen LogP contribution in [0.3, 0.4) is 0 Å². The second kappa shape index (κ2) is 6.95. The highest BCUT2D eigenvalue weighted by Crippen LogP contribution is 2.37. The van der Waals surface area contributed by atoms with Gasteiger partial charge in [0.25, 0.3) is 0 Å². The van der Waals surface area contributed by atoms with E-state index in [0.717, 1.165) is 38.8 Å². The van der Waals surface area contributed by atoms with E-state index in [2.05, 4.69) is 5.32 Å². The van der Waals surface area contributed by atoms with Crippen LogP contribution in [-0.4, -0.2) is 41.6 Å². The van der Waals surface area contributed by atoms with Crippen molar-refractivity contribution in [3.05, 3.63) is 0 Å². The van der Waals surface area contributed by atoms with Gasteiger partial charge in [0.15, 0.2) is 0 Å². The molecule has 1 heterocycles. The van der Waals surface area contributed by atoms with Gasteiger partial charge in [-0.2, -0.15) is 0 Å². The maximum atomic E-state index is 12.2. The van der Waals surface area contributed by atoms with Gasteiger partial charge in [-0.25, -0.2) is 4.79 Å². The Kier molecular flexibility index (Phi) is 5.26. The number of carboxylic acid groups (broad SMARTS) is 1. The van der Waals surface area contributed by atoms with Gasteiger partial charge in [-0.1, -0.05) is 32.1 Å². The molecular formula is C15H26N2O3. The van der Waals surface area contributed by atoms with Gasteiger partial charge in [-0.05, 0) is 25.7 Å². The number of carboxylic acids is 1. The lowest BCUT2D eigenvalue weighted by molar-refractivity contribution is -0.148.